The predicted molar refractivity (Wildman–Crippen MR) is 68.3 cm³/mol. The molecule has 1 aliphatic heterocycles. The first-order chi connectivity index (χ1) is 7.54. The van der Waals surface area contributed by atoms with Crippen molar-refractivity contribution in [1.82, 2.24) is 5.32 Å². The van der Waals surface area contributed by atoms with E-state index in [4.69, 9.17) is 0 Å². The topological polar surface area (TPSA) is 80.3 Å². The minimum atomic E-state index is -3.15. The summed E-state index contributed by atoms with van der Waals surface area (Å²) in [6.07, 6.45) is 1.55. The zero-order chi connectivity index (χ0) is 13.3. The highest BCUT2D eigenvalue weighted by atomic mass is 32.2. The van der Waals surface area contributed by atoms with E-state index < -0.39 is 24.4 Å². The maximum Gasteiger partial charge on any atom is 0.173 e. The van der Waals surface area contributed by atoms with Gasteiger partial charge in [0.2, 0.25) is 0 Å². The molecular weight excluding hydrogens is 262 g/mol. The van der Waals surface area contributed by atoms with Crippen molar-refractivity contribution in [3.8, 4) is 0 Å². The minimum absolute atomic E-state index is 0.0148. The van der Waals surface area contributed by atoms with Gasteiger partial charge in [0.05, 0.1) is 16.3 Å². The highest BCUT2D eigenvalue weighted by molar-refractivity contribution is 7.94. The molecule has 7 heteroatoms. The Bertz CT molecular complexity index is 497. The molecule has 0 saturated heterocycles. The molecule has 0 saturated carbocycles. The summed E-state index contributed by atoms with van der Waals surface area (Å²) >= 11 is 0. The summed E-state index contributed by atoms with van der Waals surface area (Å²) in [5, 5.41) is 4.09. The lowest BCUT2D eigenvalue weighted by Gasteiger charge is -2.19. The van der Waals surface area contributed by atoms with Gasteiger partial charge in [-0.2, -0.15) is 0 Å². The Morgan fingerprint density at radius 1 is 1.35 bits per heavy atom. The van der Waals surface area contributed by atoms with Crippen LogP contribution in [0.2, 0.25) is 0 Å². The lowest BCUT2D eigenvalue weighted by atomic mass is 10.3. The van der Waals surface area contributed by atoms with Gasteiger partial charge in [0.15, 0.2) is 19.7 Å². The van der Waals surface area contributed by atoms with Gasteiger partial charge in [-0.15, -0.1) is 0 Å². The first-order valence-corrected chi connectivity index (χ1v) is 8.77. The third-order valence-electron chi connectivity index (χ3n) is 2.64. The van der Waals surface area contributed by atoms with Crippen LogP contribution in [0.1, 0.15) is 20.8 Å². The van der Waals surface area contributed by atoms with Gasteiger partial charge < -0.3 is 5.32 Å². The van der Waals surface area contributed by atoms with Gasteiger partial charge in [0, 0.05) is 18.0 Å². The first kappa shape index (κ1) is 14.7. The molecule has 0 amide bonds. The lowest BCUT2D eigenvalue weighted by molar-refractivity contribution is 0.553. The second kappa shape index (κ2) is 4.70. The van der Waals surface area contributed by atoms with Gasteiger partial charge in [-0.25, -0.2) is 16.8 Å². The van der Waals surface area contributed by atoms with Crippen LogP contribution in [0.5, 0.6) is 0 Å². The lowest BCUT2D eigenvalue weighted by Crippen LogP contribution is -2.38. The molecule has 0 aromatic carbocycles. The third kappa shape index (κ3) is 4.08. The Kier molecular flexibility index (Phi) is 4.05. The van der Waals surface area contributed by atoms with Crippen LogP contribution in [0, 0.1) is 0 Å². The fraction of sp³-hybridized carbons (Fsp3) is 0.800. The molecular formula is C10H19NO4S2. The number of hydrogen-bond acceptors (Lipinski definition) is 5. The summed E-state index contributed by atoms with van der Waals surface area (Å²) < 4.78 is 45.0. The average molecular weight is 281 g/mol. The van der Waals surface area contributed by atoms with Crippen LogP contribution in [0.4, 0.5) is 0 Å². The Hall–Kier alpha value is -0.400. The van der Waals surface area contributed by atoms with E-state index in [0.717, 1.165) is 0 Å². The molecule has 0 aromatic rings. The molecule has 100 valence electrons. The monoisotopic (exact) mass is 281 g/mol. The van der Waals surface area contributed by atoms with E-state index in [-0.39, 0.29) is 24.1 Å². The summed E-state index contributed by atoms with van der Waals surface area (Å²) in [6, 6.07) is -0.268. The molecule has 1 unspecified atom stereocenters. The molecule has 1 heterocycles. The molecule has 0 bridgehead atoms. The van der Waals surface area contributed by atoms with Crippen molar-refractivity contribution in [2.45, 2.75) is 31.6 Å². The van der Waals surface area contributed by atoms with E-state index in [1.165, 1.54) is 5.41 Å². The molecule has 0 radical (unpaired) electrons. The third-order valence-corrected chi connectivity index (χ3v) is 6.64. The van der Waals surface area contributed by atoms with E-state index in [9.17, 15) is 16.8 Å². The Morgan fingerprint density at radius 3 is 2.35 bits per heavy atom. The van der Waals surface area contributed by atoms with Crippen molar-refractivity contribution in [2.24, 2.45) is 0 Å². The number of sulfone groups is 2. The summed E-state index contributed by atoms with van der Waals surface area (Å²) in [6.45, 7) is 5.23. The van der Waals surface area contributed by atoms with Crippen molar-refractivity contribution >= 4 is 19.7 Å². The van der Waals surface area contributed by atoms with E-state index in [2.05, 4.69) is 5.32 Å². The minimum Gasteiger partial charge on any atom is -0.309 e. The van der Waals surface area contributed by atoms with Gasteiger partial charge in [0.1, 0.15) is 0 Å². The zero-order valence-corrected chi connectivity index (χ0v) is 11.9. The Labute approximate surface area is 103 Å². The molecule has 1 atom stereocenters. The van der Waals surface area contributed by atoms with Crippen LogP contribution >= 0.6 is 0 Å². The molecule has 0 fully saturated rings. The standard InChI is InChI=1S/C10H19NO4S2/c1-10(2,3)17(14,15)7-5-11-9-4-6-16(12,13)8-9/h4,6,9,11H,5,7-8H2,1-3H3. The fourth-order valence-corrected chi connectivity index (χ4v) is 3.66. The van der Waals surface area contributed by atoms with E-state index in [1.807, 2.05) is 0 Å². The summed E-state index contributed by atoms with van der Waals surface area (Å²) in [4.78, 5) is 0. The molecule has 1 aliphatic rings. The summed E-state index contributed by atoms with van der Waals surface area (Å²) in [5.74, 6) is 0.0312. The predicted octanol–water partition coefficient (Wildman–Crippen LogP) is 0.100. The Morgan fingerprint density at radius 2 is 1.94 bits per heavy atom. The smallest absolute Gasteiger partial charge is 0.173 e. The molecule has 0 aliphatic carbocycles. The van der Waals surface area contributed by atoms with Crippen LogP contribution in [-0.2, 0) is 19.7 Å². The van der Waals surface area contributed by atoms with Gasteiger partial charge in [-0.3, -0.25) is 0 Å². The van der Waals surface area contributed by atoms with E-state index in [1.54, 1.807) is 26.8 Å². The van der Waals surface area contributed by atoms with Crippen molar-refractivity contribution < 1.29 is 16.8 Å². The van der Waals surface area contributed by atoms with Crippen molar-refractivity contribution in [1.29, 1.82) is 0 Å². The van der Waals surface area contributed by atoms with Gasteiger partial charge in [-0.1, -0.05) is 6.08 Å². The average Bonchev–Trinajstić information content (AvgIpc) is 2.43. The highest BCUT2D eigenvalue weighted by Gasteiger charge is 2.29. The second-order valence-corrected chi connectivity index (χ2v) is 9.94. The Balaban J connectivity index is 2.43. The number of nitrogens with one attached hydrogen (secondary N) is 1. The van der Waals surface area contributed by atoms with Crippen LogP contribution in [0.25, 0.3) is 0 Å². The maximum absolute atomic E-state index is 11.8. The maximum atomic E-state index is 11.8. The largest absolute Gasteiger partial charge is 0.309 e. The highest BCUT2D eigenvalue weighted by Crippen LogP contribution is 2.15. The zero-order valence-electron chi connectivity index (χ0n) is 10.3. The van der Waals surface area contributed by atoms with E-state index in [0.29, 0.717) is 0 Å². The fourth-order valence-electron chi connectivity index (χ4n) is 1.39. The van der Waals surface area contributed by atoms with Crippen LogP contribution in [-0.4, -0.2) is 45.7 Å². The molecule has 1 N–H and O–H groups in total. The SMILES string of the molecule is CC(C)(C)S(=O)(=O)CCNC1C=CS(=O)(=O)C1. The van der Waals surface area contributed by atoms with Crippen molar-refractivity contribution in [3.63, 3.8) is 0 Å². The number of hydrogen-bond donors (Lipinski definition) is 1. The second-order valence-electron chi connectivity index (χ2n) is 5.15. The molecule has 1 rings (SSSR count). The molecule has 17 heavy (non-hydrogen) atoms. The summed E-state index contributed by atoms with van der Waals surface area (Å²) in [7, 11) is -6.24. The summed E-state index contributed by atoms with van der Waals surface area (Å²) in [5.41, 5.74) is 0. The first-order valence-electron chi connectivity index (χ1n) is 5.40. The number of rotatable bonds is 4. The normalized spacial score (nSPS) is 24.1. The van der Waals surface area contributed by atoms with Crippen LogP contribution < -0.4 is 5.32 Å². The van der Waals surface area contributed by atoms with E-state index >= 15 is 0 Å². The molecule has 5 nitrogen and oxygen atoms in total. The van der Waals surface area contributed by atoms with Gasteiger partial charge in [-0.05, 0) is 20.8 Å². The van der Waals surface area contributed by atoms with Crippen molar-refractivity contribution in [3.05, 3.63) is 11.5 Å². The molecule has 0 spiro atoms. The van der Waals surface area contributed by atoms with Gasteiger partial charge in [0.25, 0.3) is 0 Å². The quantitative estimate of drug-likeness (QED) is 0.790. The van der Waals surface area contributed by atoms with Gasteiger partial charge >= 0.3 is 0 Å². The van der Waals surface area contributed by atoms with Crippen LogP contribution in [0.15, 0.2) is 11.5 Å². The molecule has 0 aromatic heterocycles. The van der Waals surface area contributed by atoms with Crippen LogP contribution in [0.3, 0.4) is 0 Å². The van der Waals surface area contributed by atoms with Crippen molar-refractivity contribution in [2.75, 3.05) is 18.1 Å².